The van der Waals surface area contributed by atoms with Crippen molar-refractivity contribution in [2.24, 2.45) is 4.99 Å². The minimum atomic E-state index is -0.322. The number of nitrogens with one attached hydrogen (secondary N) is 3. The fourth-order valence-electron chi connectivity index (χ4n) is 2.35. The summed E-state index contributed by atoms with van der Waals surface area (Å²) in [5.74, 6) is 0.338. The van der Waals surface area contributed by atoms with Crippen molar-refractivity contribution in [2.45, 2.75) is 46.0 Å². The van der Waals surface area contributed by atoms with E-state index in [1.54, 1.807) is 12.1 Å². The lowest BCUT2D eigenvalue weighted by Gasteiger charge is -2.12. The molecule has 0 saturated heterocycles. The van der Waals surface area contributed by atoms with Crippen LogP contribution in [0.4, 0.5) is 4.39 Å². The third-order valence-electron chi connectivity index (χ3n) is 3.62. The molecule has 0 heterocycles. The molecule has 0 aliphatic heterocycles. The van der Waals surface area contributed by atoms with E-state index in [0.29, 0.717) is 18.7 Å². The van der Waals surface area contributed by atoms with Crippen LogP contribution in [0.3, 0.4) is 0 Å². The first-order chi connectivity index (χ1) is 12.2. The van der Waals surface area contributed by atoms with E-state index in [2.05, 4.69) is 27.9 Å². The van der Waals surface area contributed by atoms with E-state index in [0.717, 1.165) is 25.5 Å². The van der Waals surface area contributed by atoms with E-state index in [1.165, 1.54) is 31.4 Å². The van der Waals surface area contributed by atoms with Crippen molar-refractivity contribution in [3.8, 4) is 0 Å². The summed E-state index contributed by atoms with van der Waals surface area (Å²) < 4.78 is 13.1. The van der Waals surface area contributed by atoms with E-state index in [-0.39, 0.29) is 42.1 Å². The van der Waals surface area contributed by atoms with Crippen LogP contribution in [-0.2, 0) is 11.2 Å². The van der Waals surface area contributed by atoms with Gasteiger partial charge in [-0.3, -0.25) is 9.79 Å². The number of amides is 1. The van der Waals surface area contributed by atoms with E-state index in [9.17, 15) is 9.18 Å². The maximum Gasteiger partial charge on any atom is 0.224 e. The fraction of sp³-hybridized carbons (Fsp3) is 0.579. The smallest absolute Gasteiger partial charge is 0.224 e. The molecule has 0 unspecified atom stereocenters. The number of hydrogen-bond donors (Lipinski definition) is 3. The van der Waals surface area contributed by atoms with Crippen molar-refractivity contribution in [3.05, 3.63) is 35.6 Å². The van der Waals surface area contributed by atoms with Crippen molar-refractivity contribution >= 4 is 35.8 Å². The van der Waals surface area contributed by atoms with Gasteiger partial charge in [-0.2, -0.15) is 0 Å². The largest absolute Gasteiger partial charge is 0.357 e. The van der Waals surface area contributed by atoms with Crippen molar-refractivity contribution in [1.82, 2.24) is 16.0 Å². The Balaban J connectivity index is 0.00000625. The van der Waals surface area contributed by atoms with E-state index < -0.39 is 0 Å². The summed E-state index contributed by atoms with van der Waals surface area (Å²) in [5, 5.41) is 9.22. The number of hydrogen-bond acceptors (Lipinski definition) is 2. The van der Waals surface area contributed by atoms with Gasteiger partial charge in [0.25, 0.3) is 0 Å². The third kappa shape index (κ3) is 12.1. The zero-order valence-corrected chi connectivity index (χ0v) is 18.1. The Morgan fingerprint density at radius 1 is 1.08 bits per heavy atom. The quantitative estimate of drug-likeness (QED) is 0.198. The molecule has 1 rings (SSSR count). The zero-order valence-electron chi connectivity index (χ0n) is 15.8. The average Bonchev–Trinajstić information content (AvgIpc) is 2.58. The molecule has 3 N–H and O–H groups in total. The van der Waals surface area contributed by atoms with Crippen LogP contribution in [0.5, 0.6) is 0 Å². The predicted molar refractivity (Wildman–Crippen MR) is 117 cm³/mol. The summed E-state index contributed by atoms with van der Waals surface area (Å²) in [4.78, 5) is 16.4. The normalized spacial score (nSPS) is 10.8. The molecule has 1 amide bonds. The van der Waals surface area contributed by atoms with Gasteiger partial charge < -0.3 is 16.0 Å². The van der Waals surface area contributed by atoms with Gasteiger partial charge in [0.1, 0.15) is 5.82 Å². The number of unbranched alkanes of at least 4 members (excludes halogenated alkanes) is 3. The zero-order chi connectivity index (χ0) is 18.3. The number of carbonyl (C=O) groups excluding carboxylic acids is 1. The van der Waals surface area contributed by atoms with Gasteiger partial charge in [-0.05, 0) is 31.0 Å². The molecule has 5 nitrogen and oxygen atoms in total. The molecule has 0 saturated carbocycles. The van der Waals surface area contributed by atoms with Crippen molar-refractivity contribution in [2.75, 3.05) is 26.2 Å². The number of halogens is 2. The minimum Gasteiger partial charge on any atom is -0.357 e. The minimum absolute atomic E-state index is 0. The number of guanidine groups is 1. The number of carbonyl (C=O) groups is 1. The summed E-state index contributed by atoms with van der Waals surface area (Å²) in [6.07, 6.45) is 4.95. The molecule has 0 spiro atoms. The van der Waals surface area contributed by atoms with Crippen LogP contribution < -0.4 is 16.0 Å². The highest BCUT2D eigenvalue weighted by atomic mass is 127. The molecule has 1 aromatic rings. The Hall–Kier alpha value is -1.38. The highest BCUT2D eigenvalue weighted by molar-refractivity contribution is 14.0. The summed E-state index contributed by atoms with van der Waals surface area (Å²) in [5.41, 5.74) is 0.674. The van der Waals surface area contributed by atoms with Crippen LogP contribution in [0.2, 0.25) is 0 Å². The highest BCUT2D eigenvalue weighted by Crippen LogP contribution is 2.03. The number of aliphatic imine (C=N–C) groups is 1. The summed E-state index contributed by atoms with van der Waals surface area (Å²) in [6.45, 7) is 6.91. The molecule has 26 heavy (non-hydrogen) atoms. The Morgan fingerprint density at radius 3 is 2.54 bits per heavy atom. The summed E-state index contributed by atoms with van der Waals surface area (Å²) in [6, 6.07) is 6.11. The molecular weight excluding hydrogens is 446 g/mol. The van der Waals surface area contributed by atoms with Gasteiger partial charge in [-0.25, -0.2) is 4.39 Å². The Bertz CT molecular complexity index is 540. The lowest BCUT2D eigenvalue weighted by atomic mass is 10.1. The maximum absolute atomic E-state index is 13.1. The van der Waals surface area contributed by atoms with Crippen LogP contribution in [0.1, 0.15) is 45.1 Å². The molecule has 0 aliphatic rings. The monoisotopic (exact) mass is 478 g/mol. The lowest BCUT2D eigenvalue weighted by Crippen LogP contribution is -2.41. The molecule has 0 bridgehead atoms. The van der Waals surface area contributed by atoms with Gasteiger partial charge in [-0.1, -0.05) is 38.3 Å². The van der Waals surface area contributed by atoms with Crippen molar-refractivity contribution < 1.29 is 9.18 Å². The average molecular weight is 478 g/mol. The third-order valence-corrected chi connectivity index (χ3v) is 3.62. The topological polar surface area (TPSA) is 65.5 Å². The Labute approximate surface area is 173 Å². The Morgan fingerprint density at radius 2 is 1.85 bits per heavy atom. The molecular formula is C19H32FIN4O. The molecule has 0 atom stereocenters. The molecule has 0 aromatic heterocycles. The molecule has 0 fully saturated rings. The van der Waals surface area contributed by atoms with Crippen molar-refractivity contribution in [1.29, 1.82) is 0 Å². The standard InChI is InChI=1S/C19H31FN4O.HI/c1-3-5-6-7-11-23-19(21-4-2)24-13-12-22-18(25)15-16-9-8-10-17(20)14-16;/h8-10,14H,3-7,11-13,15H2,1-2H3,(H,22,25)(H2,21,23,24);1H. The van der Waals surface area contributed by atoms with Gasteiger partial charge in [0, 0.05) is 26.2 Å². The van der Waals surface area contributed by atoms with E-state index in [4.69, 9.17) is 0 Å². The van der Waals surface area contributed by atoms with Crippen LogP contribution in [0.15, 0.2) is 29.3 Å². The van der Waals surface area contributed by atoms with Crippen molar-refractivity contribution in [3.63, 3.8) is 0 Å². The summed E-state index contributed by atoms with van der Waals surface area (Å²) >= 11 is 0. The van der Waals surface area contributed by atoms with Gasteiger partial charge in [-0.15, -0.1) is 24.0 Å². The maximum atomic E-state index is 13.1. The second kappa shape index (κ2) is 15.8. The Kier molecular flexibility index (Phi) is 15.0. The van der Waals surface area contributed by atoms with Crippen LogP contribution in [-0.4, -0.2) is 38.0 Å². The second-order valence-electron chi connectivity index (χ2n) is 5.90. The van der Waals surface area contributed by atoms with Crippen LogP contribution >= 0.6 is 24.0 Å². The van der Waals surface area contributed by atoms with Crippen LogP contribution in [0, 0.1) is 5.82 Å². The fourth-order valence-corrected chi connectivity index (χ4v) is 2.35. The number of nitrogens with zero attached hydrogens (tertiary/aromatic N) is 1. The highest BCUT2D eigenvalue weighted by Gasteiger charge is 2.04. The predicted octanol–water partition coefficient (Wildman–Crippen LogP) is 3.24. The first-order valence-corrected chi connectivity index (χ1v) is 9.19. The lowest BCUT2D eigenvalue weighted by molar-refractivity contribution is -0.120. The van der Waals surface area contributed by atoms with E-state index >= 15 is 0 Å². The molecule has 0 radical (unpaired) electrons. The molecule has 7 heteroatoms. The SMILES string of the molecule is CCCCCCN=C(NCC)NCCNC(=O)Cc1cccc(F)c1.I. The van der Waals surface area contributed by atoms with E-state index in [1.807, 2.05) is 6.92 Å². The van der Waals surface area contributed by atoms with Gasteiger partial charge in [0.05, 0.1) is 6.42 Å². The molecule has 148 valence electrons. The number of rotatable bonds is 11. The number of benzene rings is 1. The van der Waals surface area contributed by atoms with Gasteiger partial charge >= 0.3 is 0 Å². The first-order valence-electron chi connectivity index (χ1n) is 9.19. The summed E-state index contributed by atoms with van der Waals surface area (Å²) in [7, 11) is 0. The van der Waals surface area contributed by atoms with Gasteiger partial charge in [0.15, 0.2) is 5.96 Å². The first kappa shape index (κ1) is 24.6. The molecule has 1 aromatic carbocycles. The molecule has 0 aliphatic carbocycles. The van der Waals surface area contributed by atoms with Gasteiger partial charge in [0.2, 0.25) is 5.91 Å². The van der Waals surface area contributed by atoms with Crippen LogP contribution in [0.25, 0.3) is 0 Å². The second-order valence-corrected chi connectivity index (χ2v) is 5.90.